The zero-order valence-electron chi connectivity index (χ0n) is 5.91. The van der Waals surface area contributed by atoms with Crippen LogP contribution in [0.5, 0.6) is 0 Å². The van der Waals surface area contributed by atoms with E-state index in [4.69, 9.17) is 0 Å². The minimum atomic E-state index is 0.160. The van der Waals surface area contributed by atoms with Gasteiger partial charge in [-0.3, -0.25) is 9.98 Å². The molecule has 0 aromatic heterocycles. The molecule has 0 saturated heterocycles. The highest BCUT2D eigenvalue weighted by Crippen LogP contribution is 2.03. The Kier molecular flexibility index (Phi) is 1.98. The van der Waals surface area contributed by atoms with Crippen molar-refractivity contribution >= 4 is 12.4 Å². The van der Waals surface area contributed by atoms with E-state index in [-0.39, 0.29) is 6.17 Å². The minimum absolute atomic E-state index is 0.160. The molecule has 0 amide bonds. The summed E-state index contributed by atoms with van der Waals surface area (Å²) in [6.07, 6.45) is 5.24. The molecule has 1 aliphatic heterocycles. The van der Waals surface area contributed by atoms with Gasteiger partial charge in [-0.15, -0.1) is 0 Å². The summed E-state index contributed by atoms with van der Waals surface area (Å²) >= 11 is 0. The lowest BCUT2D eigenvalue weighted by Crippen LogP contribution is -2.11. The number of aliphatic imine (C=N–C) groups is 2. The third-order valence-electron chi connectivity index (χ3n) is 1.46. The molecule has 2 nitrogen and oxygen atoms in total. The van der Waals surface area contributed by atoms with E-state index in [2.05, 4.69) is 16.9 Å². The summed E-state index contributed by atoms with van der Waals surface area (Å²) in [4.78, 5) is 8.32. The quantitative estimate of drug-likeness (QED) is 0.506. The fourth-order valence-electron chi connectivity index (χ4n) is 0.758. The lowest BCUT2D eigenvalue weighted by Gasteiger charge is -2.09. The molecular weight excluding hydrogens is 112 g/mol. The van der Waals surface area contributed by atoms with Crippen molar-refractivity contribution < 1.29 is 0 Å². The number of rotatable bonds is 1. The van der Waals surface area contributed by atoms with E-state index < -0.39 is 0 Å². The molecule has 0 aromatic rings. The van der Waals surface area contributed by atoms with E-state index in [0.29, 0.717) is 5.92 Å². The van der Waals surface area contributed by atoms with Crippen molar-refractivity contribution in [2.75, 3.05) is 0 Å². The first-order valence-electron chi connectivity index (χ1n) is 3.39. The first-order valence-corrected chi connectivity index (χ1v) is 3.39. The lowest BCUT2D eigenvalue weighted by molar-refractivity contribution is 0.749. The summed E-state index contributed by atoms with van der Waals surface area (Å²) < 4.78 is 0. The van der Waals surface area contributed by atoms with Crippen molar-refractivity contribution in [3.8, 4) is 0 Å². The molecule has 9 heavy (non-hydrogen) atoms. The highest BCUT2D eigenvalue weighted by molar-refractivity contribution is 5.84. The van der Waals surface area contributed by atoms with Crippen molar-refractivity contribution in [2.24, 2.45) is 15.9 Å². The van der Waals surface area contributed by atoms with Gasteiger partial charge in [0.2, 0.25) is 0 Å². The van der Waals surface area contributed by atoms with Crippen LogP contribution < -0.4 is 0 Å². The Morgan fingerprint density at radius 2 is 1.89 bits per heavy atom. The Morgan fingerprint density at radius 1 is 1.33 bits per heavy atom. The van der Waals surface area contributed by atoms with Gasteiger partial charge in [0.1, 0.15) is 6.17 Å². The average molecular weight is 124 g/mol. The van der Waals surface area contributed by atoms with Gasteiger partial charge in [-0.2, -0.15) is 0 Å². The summed E-state index contributed by atoms with van der Waals surface area (Å²) in [6.45, 7) is 4.12. The van der Waals surface area contributed by atoms with E-state index >= 15 is 0 Å². The predicted octanol–water partition coefficient (Wildman–Crippen LogP) is 1.51. The second kappa shape index (κ2) is 2.76. The monoisotopic (exact) mass is 124 g/mol. The van der Waals surface area contributed by atoms with E-state index in [1.54, 1.807) is 0 Å². The molecule has 0 bridgehead atoms. The van der Waals surface area contributed by atoms with Crippen molar-refractivity contribution in [1.29, 1.82) is 0 Å². The van der Waals surface area contributed by atoms with E-state index in [0.717, 1.165) is 6.42 Å². The molecule has 2 heteroatoms. The summed E-state index contributed by atoms with van der Waals surface area (Å²) in [5.41, 5.74) is 0. The van der Waals surface area contributed by atoms with E-state index in [9.17, 15) is 0 Å². The van der Waals surface area contributed by atoms with Crippen molar-refractivity contribution in [3.05, 3.63) is 0 Å². The molecule has 0 radical (unpaired) electrons. The third kappa shape index (κ3) is 1.63. The number of hydrogen-bond acceptors (Lipinski definition) is 2. The third-order valence-corrected chi connectivity index (χ3v) is 1.46. The van der Waals surface area contributed by atoms with Crippen LogP contribution in [0.1, 0.15) is 20.3 Å². The SMILES string of the molecule is CCC1C=NC(C)N=C1. The van der Waals surface area contributed by atoms with Gasteiger partial charge in [-0.25, -0.2) is 0 Å². The molecule has 0 fully saturated rings. The second-order valence-corrected chi connectivity index (χ2v) is 2.30. The van der Waals surface area contributed by atoms with Crippen LogP contribution in [0.15, 0.2) is 9.98 Å². The van der Waals surface area contributed by atoms with Gasteiger partial charge in [-0.1, -0.05) is 6.92 Å². The Bertz CT molecular complexity index is 124. The topological polar surface area (TPSA) is 24.7 Å². The van der Waals surface area contributed by atoms with Crippen molar-refractivity contribution in [3.63, 3.8) is 0 Å². The summed E-state index contributed by atoms with van der Waals surface area (Å²) in [5, 5.41) is 0. The first kappa shape index (κ1) is 6.46. The minimum Gasteiger partial charge on any atom is -0.270 e. The molecule has 0 spiro atoms. The summed E-state index contributed by atoms with van der Waals surface area (Å²) in [5.74, 6) is 0.487. The largest absolute Gasteiger partial charge is 0.270 e. The molecule has 0 aliphatic carbocycles. The van der Waals surface area contributed by atoms with Gasteiger partial charge in [0, 0.05) is 18.3 Å². The van der Waals surface area contributed by atoms with E-state index in [1.165, 1.54) is 0 Å². The molecular formula is C7H12N2. The summed E-state index contributed by atoms with van der Waals surface area (Å²) in [7, 11) is 0. The van der Waals surface area contributed by atoms with E-state index in [1.807, 2.05) is 19.4 Å². The zero-order chi connectivity index (χ0) is 6.69. The molecule has 0 unspecified atom stereocenters. The van der Waals surface area contributed by atoms with Crippen LogP contribution in [0.4, 0.5) is 0 Å². The standard InChI is InChI=1S/C7H12N2/c1-3-7-4-8-6(2)9-5-7/h4-7H,3H2,1-2H3. The zero-order valence-corrected chi connectivity index (χ0v) is 5.91. The van der Waals surface area contributed by atoms with Crippen LogP contribution in [-0.4, -0.2) is 18.6 Å². The Hall–Kier alpha value is -0.660. The average Bonchev–Trinajstić information content (AvgIpc) is 1.90. The van der Waals surface area contributed by atoms with Crippen LogP contribution in [0.25, 0.3) is 0 Å². The molecule has 0 N–H and O–H groups in total. The Labute approximate surface area is 55.7 Å². The van der Waals surface area contributed by atoms with Gasteiger partial charge in [0.25, 0.3) is 0 Å². The molecule has 0 saturated carbocycles. The van der Waals surface area contributed by atoms with Gasteiger partial charge in [-0.05, 0) is 13.3 Å². The van der Waals surface area contributed by atoms with Gasteiger partial charge in [0.15, 0.2) is 0 Å². The van der Waals surface area contributed by atoms with Gasteiger partial charge >= 0.3 is 0 Å². The second-order valence-electron chi connectivity index (χ2n) is 2.30. The molecule has 1 rings (SSSR count). The van der Waals surface area contributed by atoms with Crippen LogP contribution in [0.3, 0.4) is 0 Å². The lowest BCUT2D eigenvalue weighted by atomic mass is 10.1. The maximum absolute atomic E-state index is 4.16. The smallest absolute Gasteiger partial charge is 0.136 e. The van der Waals surface area contributed by atoms with Crippen LogP contribution in [0.2, 0.25) is 0 Å². The van der Waals surface area contributed by atoms with Gasteiger partial charge in [0.05, 0.1) is 0 Å². The van der Waals surface area contributed by atoms with Crippen LogP contribution in [-0.2, 0) is 0 Å². The number of hydrogen-bond donors (Lipinski definition) is 0. The van der Waals surface area contributed by atoms with Crippen LogP contribution >= 0.6 is 0 Å². The first-order chi connectivity index (χ1) is 4.33. The highest BCUT2D eigenvalue weighted by atomic mass is 15.0. The highest BCUT2D eigenvalue weighted by Gasteiger charge is 2.04. The van der Waals surface area contributed by atoms with Gasteiger partial charge < -0.3 is 0 Å². The Morgan fingerprint density at radius 3 is 2.33 bits per heavy atom. The molecule has 1 heterocycles. The fraction of sp³-hybridized carbons (Fsp3) is 0.714. The maximum Gasteiger partial charge on any atom is 0.136 e. The summed E-state index contributed by atoms with van der Waals surface area (Å²) in [6, 6.07) is 0. The number of nitrogens with zero attached hydrogens (tertiary/aromatic N) is 2. The molecule has 50 valence electrons. The molecule has 1 aliphatic rings. The maximum atomic E-state index is 4.16. The Balaban J connectivity index is 2.48. The van der Waals surface area contributed by atoms with Crippen LogP contribution in [0, 0.1) is 5.92 Å². The fourth-order valence-corrected chi connectivity index (χ4v) is 0.758. The molecule has 0 aromatic carbocycles. The normalized spacial score (nSPS) is 33.1. The predicted molar refractivity (Wildman–Crippen MR) is 40.2 cm³/mol. The van der Waals surface area contributed by atoms with Crippen molar-refractivity contribution in [1.82, 2.24) is 0 Å². The van der Waals surface area contributed by atoms with Crippen molar-refractivity contribution in [2.45, 2.75) is 26.4 Å². The molecule has 0 atom stereocenters.